The van der Waals surface area contributed by atoms with Crippen LogP contribution in [0.15, 0.2) is 24.4 Å². The van der Waals surface area contributed by atoms with Gasteiger partial charge in [0.1, 0.15) is 0 Å². The van der Waals surface area contributed by atoms with E-state index in [0.717, 1.165) is 12.6 Å². The lowest BCUT2D eigenvalue weighted by Crippen LogP contribution is -2.15. The van der Waals surface area contributed by atoms with E-state index in [1.54, 1.807) is 0 Å². The lowest BCUT2D eigenvalue weighted by atomic mass is 9.98. The van der Waals surface area contributed by atoms with Gasteiger partial charge in [-0.05, 0) is 49.4 Å². The van der Waals surface area contributed by atoms with Gasteiger partial charge in [0.25, 0.3) is 0 Å². The Hall–Kier alpha value is -1.61. The zero-order valence-corrected chi connectivity index (χ0v) is 11.9. The summed E-state index contributed by atoms with van der Waals surface area (Å²) in [6.07, 6.45) is 4.64. The van der Waals surface area contributed by atoms with Gasteiger partial charge in [-0.25, -0.2) is 0 Å². The lowest BCUT2D eigenvalue weighted by molar-refractivity contribution is 0.688. The van der Waals surface area contributed by atoms with E-state index in [-0.39, 0.29) is 0 Å². The fourth-order valence-corrected chi connectivity index (χ4v) is 2.38. The molecule has 1 N–H and O–H groups in total. The third kappa shape index (κ3) is 2.56. The standard InChI is InChI=1S/C16H21N3/c1-11-4-5-13(9-17-14-6-7-14)8-15(11)16-10-18-19(3)12(16)2/h4-5,8,10,14,17H,6-7,9H2,1-3H3. The van der Waals surface area contributed by atoms with Crippen LogP contribution in [0.2, 0.25) is 0 Å². The highest BCUT2D eigenvalue weighted by Gasteiger charge is 2.20. The van der Waals surface area contributed by atoms with Crippen molar-refractivity contribution in [1.29, 1.82) is 0 Å². The van der Waals surface area contributed by atoms with E-state index in [4.69, 9.17) is 0 Å². The summed E-state index contributed by atoms with van der Waals surface area (Å²) in [5.74, 6) is 0. The molecular weight excluding hydrogens is 234 g/mol. The number of nitrogens with one attached hydrogen (secondary N) is 1. The summed E-state index contributed by atoms with van der Waals surface area (Å²) in [6.45, 7) is 5.26. The number of nitrogens with zero attached hydrogens (tertiary/aromatic N) is 2. The Morgan fingerprint density at radius 3 is 2.68 bits per heavy atom. The van der Waals surface area contributed by atoms with Crippen molar-refractivity contribution in [1.82, 2.24) is 15.1 Å². The van der Waals surface area contributed by atoms with Gasteiger partial charge in [-0.2, -0.15) is 5.10 Å². The van der Waals surface area contributed by atoms with Gasteiger partial charge >= 0.3 is 0 Å². The first kappa shape index (κ1) is 12.4. The Bertz CT molecular complexity index is 594. The molecule has 3 nitrogen and oxygen atoms in total. The maximum absolute atomic E-state index is 4.35. The molecule has 0 amide bonds. The monoisotopic (exact) mass is 255 g/mol. The van der Waals surface area contributed by atoms with Crippen molar-refractivity contribution in [3.8, 4) is 11.1 Å². The molecule has 1 saturated carbocycles. The van der Waals surface area contributed by atoms with E-state index in [1.807, 2.05) is 17.9 Å². The first-order valence-electron chi connectivity index (χ1n) is 6.97. The van der Waals surface area contributed by atoms with Crippen molar-refractivity contribution in [3.05, 3.63) is 41.2 Å². The molecule has 0 bridgehead atoms. The minimum absolute atomic E-state index is 0.755. The topological polar surface area (TPSA) is 29.9 Å². The third-order valence-electron chi connectivity index (χ3n) is 4.00. The van der Waals surface area contributed by atoms with Crippen LogP contribution in [-0.4, -0.2) is 15.8 Å². The fourth-order valence-electron chi connectivity index (χ4n) is 2.38. The van der Waals surface area contributed by atoms with Gasteiger partial charge in [0, 0.05) is 30.9 Å². The van der Waals surface area contributed by atoms with Crippen LogP contribution in [0.5, 0.6) is 0 Å². The molecule has 19 heavy (non-hydrogen) atoms. The maximum atomic E-state index is 4.35. The lowest BCUT2D eigenvalue weighted by Gasteiger charge is -2.09. The zero-order valence-electron chi connectivity index (χ0n) is 11.9. The van der Waals surface area contributed by atoms with Crippen LogP contribution in [0.4, 0.5) is 0 Å². The van der Waals surface area contributed by atoms with Crippen LogP contribution < -0.4 is 5.32 Å². The van der Waals surface area contributed by atoms with Crippen molar-refractivity contribution >= 4 is 0 Å². The zero-order chi connectivity index (χ0) is 13.4. The number of aromatic nitrogens is 2. The molecule has 0 radical (unpaired) electrons. The molecule has 0 saturated heterocycles. The van der Waals surface area contributed by atoms with Crippen molar-refractivity contribution in [2.75, 3.05) is 0 Å². The second kappa shape index (κ2) is 4.82. The van der Waals surface area contributed by atoms with Crippen molar-refractivity contribution in [2.45, 2.75) is 39.3 Å². The van der Waals surface area contributed by atoms with Gasteiger partial charge in [0.2, 0.25) is 0 Å². The van der Waals surface area contributed by atoms with Crippen LogP contribution >= 0.6 is 0 Å². The average molecular weight is 255 g/mol. The van der Waals surface area contributed by atoms with Crippen LogP contribution in [0.25, 0.3) is 11.1 Å². The van der Waals surface area contributed by atoms with Gasteiger partial charge in [-0.3, -0.25) is 4.68 Å². The molecule has 1 aliphatic rings. The average Bonchev–Trinajstić information content (AvgIpc) is 3.17. The Balaban J connectivity index is 1.90. The summed E-state index contributed by atoms with van der Waals surface area (Å²) in [6, 6.07) is 7.49. The molecule has 1 fully saturated rings. The summed E-state index contributed by atoms with van der Waals surface area (Å²) < 4.78 is 1.93. The highest BCUT2D eigenvalue weighted by molar-refractivity contribution is 5.69. The van der Waals surface area contributed by atoms with Crippen LogP contribution in [0, 0.1) is 13.8 Å². The van der Waals surface area contributed by atoms with Crippen molar-refractivity contribution < 1.29 is 0 Å². The largest absolute Gasteiger partial charge is 0.310 e. The van der Waals surface area contributed by atoms with E-state index in [2.05, 4.69) is 42.5 Å². The van der Waals surface area contributed by atoms with Crippen LogP contribution in [-0.2, 0) is 13.6 Å². The Morgan fingerprint density at radius 1 is 1.26 bits per heavy atom. The minimum Gasteiger partial charge on any atom is -0.310 e. The van der Waals surface area contributed by atoms with Crippen LogP contribution in [0.1, 0.15) is 29.7 Å². The molecule has 100 valence electrons. The summed E-state index contributed by atoms with van der Waals surface area (Å²) in [5.41, 5.74) is 6.44. The SMILES string of the molecule is Cc1ccc(CNC2CC2)cc1-c1cnn(C)c1C. The normalized spacial score (nSPS) is 14.9. The minimum atomic E-state index is 0.755. The number of hydrogen-bond acceptors (Lipinski definition) is 2. The summed E-state index contributed by atoms with van der Waals surface area (Å²) >= 11 is 0. The highest BCUT2D eigenvalue weighted by Crippen LogP contribution is 2.27. The van der Waals surface area contributed by atoms with E-state index < -0.39 is 0 Å². The number of benzene rings is 1. The number of aryl methyl sites for hydroxylation is 2. The Labute approximate surface area is 114 Å². The maximum Gasteiger partial charge on any atom is 0.0571 e. The molecule has 1 aromatic heterocycles. The van der Waals surface area contributed by atoms with E-state index in [9.17, 15) is 0 Å². The van der Waals surface area contributed by atoms with Gasteiger partial charge in [0.15, 0.2) is 0 Å². The van der Waals surface area contributed by atoms with E-state index in [0.29, 0.717) is 0 Å². The number of rotatable bonds is 4. The van der Waals surface area contributed by atoms with Gasteiger partial charge in [-0.1, -0.05) is 12.1 Å². The van der Waals surface area contributed by atoms with Gasteiger partial charge in [0.05, 0.1) is 6.20 Å². The Kier molecular flexibility index (Phi) is 3.15. The molecule has 3 rings (SSSR count). The summed E-state index contributed by atoms with van der Waals surface area (Å²) in [7, 11) is 1.99. The molecule has 1 aromatic carbocycles. The molecule has 1 aliphatic carbocycles. The third-order valence-corrected chi connectivity index (χ3v) is 4.00. The van der Waals surface area contributed by atoms with Crippen LogP contribution in [0.3, 0.4) is 0 Å². The van der Waals surface area contributed by atoms with E-state index >= 15 is 0 Å². The van der Waals surface area contributed by atoms with Crippen molar-refractivity contribution in [3.63, 3.8) is 0 Å². The summed E-state index contributed by atoms with van der Waals surface area (Å²) in [4.78, 5) is 0. The van der Waals surface area contributed by atoms with Gasteiger partial charge < -0.3 is 5.32 Å². The molecule has 2 aromatic rings. The second-order valence-corrected chi connectivity index (χ2v) is 5.57. The fraction of sp³-hybridized carbons (Fsp3) is 0.438. The summed E-state index contributed by atoms with van der Waals surface area (Å²) in [5, 5.41) is 7.92. The predicted molar refractivity (Wildman–Crippen MR) is 78.0 cm³/mol. The van der Waals surface area contributed by atoms with Gasteiger partial charge in [-0.15, -0.1) is 0 Å². The Morgan fingerprint density at radius 2 is 2.05 bits per heavy atom. The molecule has 0 unspecified atom stereocenters. The van der Waals surface area contributed by atoms with E-state index in [1.165, 1.54) is 40.8 Å². The quantitative estimate of drug-likeness (QED) is 0.910. The van der Waals surface area contributed by atoms with Crippen molar-refractivity contribution in [2.24, 2.45) is 7.05 Å². The second-order valence-electron chi connectivity index (χ2n) is 5.57. The number of hydrogen-bond donors (Lipinski definition) is 1. The smallest absolute Gasteiger partial charge is 0.0571 e. The first-order valence-corrected chi connectivity index (χ1v) is 6.97. The molecule has 0 atom stereocenters. The molecule has 3 heteroatoms. The molecule has 0 aliphatic heterocycles. The predicted octanol–water partition coefficient (Wildman–Crippen LogP) is 2.96. The molecule has 0 spiro atoms. The molecular formula is C16H21N3. The highest BCUT2D eigenvalue weighted by atomic mass is 15.3. The first-order chi connectivity index (χ1) is 9.15. The molecule has 1 heterocycles.